The van der Waals surface area contributed by atoms with Crippen LogP contribution in [0.15, 0.2) is 67.1 Å². The van der Waals surface area contributed by atoms with Gasteiger partial charge in [-0.05, 0) is 30.3 Å². The third-order valence-corrected chi connectivity index (χ3v) is 4.92. The lowest BCUT2D eigenvalue weighted by Crippen LogP contribution is -2.05. The number of aromatic nitrogens is 3. The van der Waals surface area contributed by atoms with E-state index < -0.39 is 11.8 Å². The Hall–Kier alpha value is -4.37. The zero-order valence-electron chi connectivity index (χ0n) is 16.9. The number of anilines is 4. The minimum atomic E-state index is -1.11. The fourth-order valence-corrected chi connectivity index (χ4v) is 3.20. The van der Waals surface area contributed by atoms with Gasteiger partial charge in [0.25, 0.3) is 0 Å². The average molecular weight is 463 g/mol. The molecule has 0 spiro atoms. The van der Waals surface area contributed by atoms with Gasteiger partial charge in [0, 0.05) is 52.9 Å². The van der Waals surface area contributed by atoms with Crippen LogP contribution in [0.25, 0.3) is 11.1 Å². The summed E-state index contributed by atoms with van der Waals surface area (Å²) in [5.74, 6) is -1.12. The first-order chi connectivity index (χ1) is 15.9. The normalized spacial score (nSPS) is 10.5. The van der Waals surface area contributed by atoms with Crippen LogP contribution in [0.4, 0.5) is 27.5 Å². The third kappa shape index (κ3) is 4.94. The van der Waals surface area contributed by atoms with Gasteiger partial charge in [-0.25, -0.2) is 14.2 Å². The molecule has 0 saturated carbocycles. The van der Waals surface area contributed by atoms with E-state index in [1.807, 2.05) is 6.07 Å². The molecule has 4 aromatic rings. The van der Waals surface area contributed by atoms with Crippen LogP contribution < -0.4 is 10.6 Å². The highest BCUT2D eigenvalue weighted by atomic mass is 35.5. The van der Waals surface area contributed by atoms with E-state index in [0.717, 1.165) is 0 Å². The molecule has 0 aliphatic heterocycles. The SMILES string of the molecule is N=Cc1ccccc1Nc1nc(Nc2ccc(F)c(Cl)c2)ncc1-c1cncc(C(=O)O)c1. The summed E-state index contributed by atoms with van der Waals surface area (Å²) < 4.78 is 13.5. The molecule has 0 fully saturated rings. The number of aromatic carboxylic acids is 1. The van der Waals surface area contributed by atoms with E-state index in [0.29, 0.717) is 33.9 Å². The number of nitrogens with one attached hydrogen (secondary N) is 3. The van der Waals surface area contributed by atoms with Crippen molar-refractivity contribution in [3.8, 4) is 11.1 Å². The molecule has 0 saturated heterocycles. The number of hydrogen-bond acceptors (Lipinski definition) is 7. The number of carboxylic acids is 1. The van der Waals surface area contributed by atoms with Crippen molar-refractivity contribution in [1.29, 1.82) is 5.41 Å². The molecule has 33 heavy (non-hydrogen) atoms. The van der Waals surface area contributed by atoms with Crippen molar-refractivity contribution in [1.82, 2.24) is 15.0 Å². The van der Waals surface area contributed by atoms with E-state index in [4.69, 9.17) is 17.0 Å². The van der Waals surface area contributed by atoms with Gasteiger partial charge < -0.3 is 21.1 Å². The van der Waals surface area contributed by atoms with Crippen LogP contribution in [-0.4, -0.2) is 32.2 Å². The van der Waals surface area contributed by atoms with E-state index in [1.54, 1.807) is 18.2 Å². The van der Waals surface area contributed by atoms with Crippen LogP contribution in [0.3, 0.4) is 0 Å². The molecule has 4 N–H and O–H groups in total. The molecular weight excluding hydrogens is 447 g/mol. The largest absolute Gasteiger partial charge is 0.478 e. The van der Waals surface area contributed by atoms with E-state index in [9.17, 15) is 14.3 Å². The highest BCUT2D eigenvalue weighted by Gasteiger charge is 2.14. The summed E-state index contributed by atoms with van der Waals surface area (Å²) in [5, 5.41) is 23.1. The molecule has 2 aromatic heterocycles. The standard InChI is InChI=1S/C23H16ClFN6O2/c24-18-8-16(5-6-19(18)25)29-23-28-12-17(14-7-15(22(32)33)11-27-10-14)21(31-23)30-20-4-2-1-3-13(20)9-26/h1-12,26H,(H,32,33)(H2,28,29,30,31). The summed E-state index contributed by atoms with van der Waals surface area (Å²) >= 11 is 5.85. The Morgan fingerprint density at radius 1 is 1.09 bits per heavy atom. The molecule has 0 radical (unpaired) electrons. The zero-order chi connectivity index (χ0) is 23.4. The predicted octanol–water partition coefficient (Wildman–Crippen LogP) is 5.51. The lowest BCUT2D eigenvalue weighted by atomic mass is 10.1. The van der Waals surface area contributed by atoms with Crippen LogP contribution in [-0.2, 0) is 0 Å². The number of carboxylic acid groups (broad SMARTS) is 1. The van der Waals surface area contributed by atoms with Gasteiger partial charge in [0.15, 0.2) is 0 Å². The smallest absolute Gasteiger partial charge is 0.337 e. The van der Waals surface area contributed by atoms with E-state index in [2.05, 4.69) is 25.6 Å². The summed E-state index contributed by atoms with van der Waals surface area (Å²) in [6.45, 7) is 0. The number of para-hydroxylation sites is 1. The Labute approximate surface area is 192 Å². The minimum Gasteiger partial charge on any atom is -0.478 e. The molecule has 0 amide bonds. The van der Waals surface area contributed by atoms with Crippen LogP contribution in [0, 0.1) is 11.2 Å². The van der Waals surface area contributed by atoms with Gasteiger partial charge in [-0.1, -0.05) is 29.8 Å². The maximum atomic E-state index is 13.5. The number of hydrogen-bond donors (Lipinski definition) is 4. The van der Waals surface area contributed by atoms with Gasteiger partial charge in [0.1, 0.15) is 11.6 Å². The van der Waals surface area contributed by atoms with Crippen LogP contribution in [0.2, 0.25) is 5.02 Å². The number of pyridine rings is 1. The Kier molecular flexibility index (Phi) is 6.23. The fraction of sp³-hybridized carbons (Fsp3) is 0. The van der Waals surface area contributed by atoms with Crippen molar-refractivity contribution >= 4 is 46.9 Å². The monoisotopic (exact) mass is 462 g/mol. The van der Waals surface area contributed by atoms with Gasteiger partial charge in [-0.2, -0.15) is 4.98 Å². The zero-order valence-corrected chi connectivity index (χ0v) is 17.6. The lowest BCUT2D eigenvalue weighted by molar-refractivity contribution is 0.0696. The highest BCUT2D eigenvalue weighted by Crippen LogP contribution is 2.31. The Morgan fingerprint density at radius 3 is 2.67 bits per heavy atom. The molecule has 0 bridgehead atoms. The molecule has 0 unspecified atom stereocenters. The number of benzene rings is 2. The molecule has 0 aliphatic carbocycles. The average Bonchev–Trinajstić information content (AvgIpc) is 2.82. The number of carbonyl (C=O) groups is 1. The Bertz CT molecular complexity index is 1360. The summed E-state index contributed by atoms with van der Waals surface area (Å²) in [4.78, 5) is 24.2. The lowest BCUT2D eigenvalue weighted by Gasteiger charge is -2.15. The Morgan fingerprint density at radius 2 is 1.91 bits per heavy atom. The van der Waals surface area contributed by atoms with Crippen LogP contribution in [0.5, 0.6) is 0 Å². The molecule has 2 aromatic carbocycles. The van der Waals surface area contributed by atoms with Crippen molar-refractivity contribution in [2.24, 2.45) is 0 Å². The molecule has 10 heteroatoms. The summed E-state index contributed by atoms with van der Waals surface area (Å²) in [6.07, 6.45) is 5.47. The molecule has 8 nitrogen and oxygen atoms in total. The summed E-state index contributed by atoms with van der Waals surface area (Å²) in [6, 6.07) is 12.8. The molecule has 2 heterocycles. The van der Waals surface area contributed by atoms with E-state index in [-0.39, 0.29) is 16.5 Å². The van der Waals surface area contributed by atoms with Crippen molar-refractivity contribution in [2.45, 2.75) is 0 Å². The third-order valence-electron chi connectivity index (χ3n) is 4.63. The molecule has 164 valence electrons. The summed E-state index contributed by atoms with van der Waals surface area (Å²) in [5.41, 5.74) is 2.72. The van der Waals surface area contributed by atoms with Gasteiger partial charge in [-0.3, -0.25) is 4.98 Å². The maximum Gasteiger partial charge on any atom is 0.337 e. The fourth-order valence-electron chi connectivity index (χ4n) is 3.02. The number of nitrogens with zero attached hydrogens (tertiary/aromatic N) is 3. The van der Waals surface area contributed by atoms with Gasteiger partial charge in [0.2, 0.25) is 5.95 Å². The summed E-state index contributed by atoms with van der Waals surface area (Å²) in [7, 11) is 0. The quantitative estimate of drug-likeness (QED) is 0.267. The second-order valence-electron chi connectivity index (χ2n) is 6.83. The molecule has 4 rings (SSSR count). The van der Waals surface area contributed by atoms with Crippen LogP contribution in [0.1, 0.15) is 15.9 Å². The van der Waals surface area contributed by atoms with Gasteiger partial charge in [-0.15, -0.1) is 0 Å². The van der Waals surface area contributed by atoms with Gasteiger partial charge in [0.05, 0.1) is 10.6 Å². The van der Waals surface area contributed by atoms with Crippen molar-refractivity contribution in [3.63, 3.8) is 0 Å². The second kappa shape index (κ2) is 9.41. The van der Waals surface area contributed by atoms with E-state index in [1.165, 1.54) is 49.1 Å². The Balaban J connectivity index is 1.78. The number of halogens is 2. The second-order valence-corrected chi connectivity index (χ2v) is 7.24. The molecular formula is C23H16ClFN6O2. The van der Waals surface area contributed by atoms with Crippen molar-refractivity contribution < 1.29 is 14.3 Å². The number of rotatable bonds is 7. The van der Waals surface area contributed by atoms with Crippen LogP contribution >= 0.6 is 11.6 Å². The van der Waals surface area contributed by atoms with Crippen molar-refractivity contribution in [2.75, 3.05) is 10.6 Å². The topological polar surface area (TPSA) is 124 Å². The first kappa shape index (κ1) is 21.8. The first-order valence-electron chi connectivity index (χ1n) is 9.59. The first-order valence-corrected chi connectivity index (χ1v) is 9.97. The molecule has 0 atom stereocenters. The highest BCUT2D eigenvalue weighted by molar-refractivity contribution is 6.31. The van der Waals surface area contributed by atoms with Gasteiger partial charge >= 0.3 is 5.97 Å². The minimum absolute atomic E-state index is 0.0153. The maximum absolute atomic E-state index is 13.5. The van der Waals surface area contributed by atoms with Crippen molar-refractivity contribution in [3.05, 3.63) is 89.1 Å². The predicted molar refractivity (Wildman–Crippen MR) is 125 cm³/mol. The van der Waals surface area contributed by atoms with E-state index >= 15 is 0 Å². The molecule has 0 aliphatic rings.